The summed E-state index contributed by atoms with van der Waals surface area (Å²) in [6, 6.07) is 0. The predicted octanol–water partition coefficient (Wildman–Crippen LogP) is 0.653. The molecule has 2 N–H and O–H groups in total. The number of hydrogen-bond donors (Lipinski definition) is 1. The van der Waals surface area contributed by atoms with Crippen LogP contribution in [0.15, 0.2) is 23.9 Å². The molecule has 0 aromatic heterocycles. The molecular weight excluding hydrogens is 174 g/mol. The third-order valence-electron chi connectivity index (χ3n) is 2.60. The quantitative estimate of drug-likeness (QED) is 0.671. The van der Waals surface area contributed by atoms with E-state index in [4.69, 9.17) is 5.73 Å². The molecule has 1 saturated heterocycles. The Labute approximate surface area is 86.9 Å². The molecule has 1 heterocycles. The number of rotatable bonds is 3. The fourth-order valence-electron chi connectivity index (χ4n) is 1.47. The minimum Gasteiger partial charge on any atom is -0.404 e. The van der Waals surface area contributed by atoms with Crippen molar-refractivity contribution < 1.29 is 0 Å². The molecule has 0 unspecified atom stereocenters. The molecule has 0 spiro atoms. The summed E-state index contributed by atoms with van der Waals surface area (Å²) in [7, 11) is 2.18. The van der Waals surface area contributed by atoms with Crippen LogP contribution in [0.5, 0.6) is 0 Å². The molecule has 80 valence electrons. The van der Waals surface area contributed by atoms with Crippen LogP contribution in [0, 0.1) is 0 Å². The average Bonchev–Trinajstić information content (AvgIpc) is 2.21. The maximum absolute atomic E-state index is 5.38. The molecule has 0 aromatic rings. The number of hydrogen-bond acceptors (Lipinski definition) is 3. The molecule has 1 rings (SSSR count). The van der Waals surface area contributed by atoms with E-state index in [0.717, 1.165) is 12.1 Å². The van der Waals surface area contributed by atoms with Crippen LogP contribution in [0.1, 0.15) is 6.92 Å². The molecule has 0 radical (unpaired) electrons. The van der Waals surface area contributed by atoms with E-state index in [1.54, 1.807) is 6.20 Å². The third-order valence-corrected chi connectivity index (χ3v) is 2.60. The van der Waals surface area contributed by atoms with Gasteiger partial charge in [-0.15, -0.1) is 0 Å². The van der Waals surface area contributed by atoms with Crippen LogP contribution in [-0.4, -0.2) is 49.6 Å². The van der Waals surface area contributed by atoms with Gasteiger partial charge in [0.2, 0.25) is 0 Å². The molecular formula is C11H21N3. The monoisotopic (exact) mass is 195 g/mol. The summed E-state index contributed by atoms with van der Waals surface area (Å²) in [5.41, 5.74) is 6.50. The first-order chi connectivity index (χ1) is 6.72. The maximum atomic E-state index is 5.38. The highest BCUT2D eigenvalue weighted by molar-refractivity contribution is 5.14. The van der Waals surface area contributed by atoms with Crippen molar-refractivity contribution in [3.63, 3.8) is 0 Å². The Morgan fingerprint density at radius 1 is 1.29 bits per heavy atom. The van der Waals surface area contributed by atoms with Crippen LogP contribution in [0.3, 0.4) is 0 Å². The second-order valence-corrected chi connectivity index (χ2v) is 3.92. The zero-order chi connectivity index (χ0) is 10.4. The van der Waals surface area contributed by atoms with Crippen molar-refractivity contribution >= 4 is 0 Å². The summed E-state index contributed by atoms with van der Waals surface area (Å²) >= 11 is 0. The molecule has 0 atom stereocenters. The molecule has 0 amide bonds. The van der Waals surface area contributed by atoms with Gasteiger partial charge in [-0.25, -0.2) is 0 Å². The van der Waals surface area contributed by atoms with Gasteiger partial charge in [0.05, 0.1) is 0 Å². The topological polar surface area (TPSA) is 32.5 Å². The van der Waals surface area contributed by atoms with E-state index in [9.17, 15) is 0 Å². The standard InChI is InChI=1S/C11H21N3/c1-11(10-12)4-3-5-14-8-6-13(2)7-9-14/h3-4,10H,5-9,12H2,1-2H3/b4-3-,11-10-. The van der Waals surface area contributed by atoms with Crippen LogP contribution >= 0.6 is 0 Å². The number of nitrogens with two attached hydrogens (primary N) is 1. The van der Waals surface area contributed by atoms with Crippen molar-refractivity contribution in [2.24, 2.45) is 5.73 Å². The Bertz CT molecular complexity index is 213. The summed E-state index contributed by atoms with van der Waals surface area (Å²) in [6.07, 6.45) is 5.91. The normalized spacial score (nSPS) is 22.0. The van der Waals surface area contributed by atoms with Gasteiger partial charge in [-0.1, -0.05) is 12.2 Å². The van der Waals surface area contributed by atoms with Gasteiger partial charge >= 0.3 is 0 Å². The Hall–Kier alpha value is -0.800. The van der Waals surface area contributed by atoms with E-state index in [0.29, 0.717) is 0 Å². The molecule has 1 fully saturated rings. The van der Waals surface area contributed by atoms with Crippen molar-refractivity contribution in [3.8, 4) is 0 Å². The molecule has 3 heteroatoms. The van der Waals surface area contributed by atoms with Gasteiger partial charge in [0.15, 0.2) is 0 Å². The minimum absolute atomic E-state index is 1.04. The Balaban J connectivity index is 2.22. The predicted molar refractivity (Wildman–Crippen MR) is 61.0 cm³/mol. The van der Waals surface area contributed by atoms with Gasteiger partial charge in [0, 0.05) is 32.7 Å². The van der Waals surface area contributed by atoms with Crippen LogP contribution in [0.4, 0.5) is 0 Å². The molecule has 1 aliphatic rings. The molecule has 0 bridgehead atoms. The first kappa shape index (κ1) is 11.3. The van der Waals surface area contributed by atoms with Gasteiger partial charge in [-0.3, -0.25) is 4.90 Å². The highest BCUT2D eigenvalue weighted by atomic mass is 15.2. The van der Waals surface area contributed by atoms with Crippen molar-refractivity contribution in [2.45, 2.75) is 6.92 Å². The van der Waals surface area contributed by atoms with Gasteiger partial charge in [-0.05, 0) is 25.7 Å². The van der Waals surface area contributed by atoms with Crippen molar-refractivity contribution in [2.75, 3.05) is 39.8 Å². The van der Waals surface area contributed by atoms with Gasteiger partial charge < -0.3 is 10.6 Å². The molecule has 1 aliphatic heterocycles. The molecule has 0 aliphatic carbocycles. The Morgan fingerprint density at radius 2 is 1.93 bits per heavy atom. The van der Waals surface area contributed by atoms with Crippen LogP contribution in [0.2, 0.25) is 0 Å². The lowest BCUT2D eigenvalue weighted by atomic mass is 10.3. The molecule has 0 aromatic carbocycles. The number of allylic oxidation sites excluding steroid dienone is 2. The van der Waals surface area contributed by atoms with E-state index in [1.807, 2.05) is 6.92 Å². The highest BCUT2D eigenvalue weighted by Gasteiger charge is 2.11. The van der Waals surface area contributed by atoms with Crippen LogP contribution in [0.25, 0.3) is 0 Å². The lowest BCUT2D eigenvalue weighted by Gasteiger charge is -2.31. The summed E-state index contributed by atoms with van der Waals surface area (Å²) in [6.45, 7) is 7.76. The van der Waals surface area contributed by atoms with Gasteiger partial charge in [0.1, 0.15) is 0 Å². The highest BCUT2D eigenvalue weighted by Crippen LogP contribution is 1.99. The fourth-order valence-corrected chi connectivity index (χ4v) is 1.47. The average molecular weight is 195 g/mol. The van der Waals surface area contributed by atoms with E-state index in [1.165, 1.54) is 26.2 Å². The van der Waals surface area contributed by atoms with Crippen LogP contribution < -0.4 is 5.73 Å². The largest absolute Gasteiger partial charge is 0.404 e. The van der Waals surface area contributed by atoms with Crippen molar-refractivity contribution in [1.82, 2.24) is 9.80 Å². The number of nitrogens with zero attached hydrogens (tertiary/aromatic N) is 2. The zero-order valence-corrected chi connectivity index (χ0v) is 9.24. The summed E-state index contributed by atoms with van der Waals surface area (Å²) < 4.78 is 0. The lowest BCUT2D eigenvalue weighted by Crippen LogP contribution is -2.44. The summed E-state index contributed by atoms with van der Waals surface area (Å²) in [4.78, 5) is 4.82. The van der Waals surface area contributed by atoms with E-state index in [2.05, 4.69) is 29.0 Å². The van der Waals surface area contributed by atoms with Gasteiger partial charge in [0.25, 0.3) is 0 Å². The molecule has 0 saturated carbocycles. The van der Waals surface area contributed by atoms with E-state index >= 15 is 0 Å². The lowest BCUT2D eigenvalue weighted by molar-refractivity contribution is 0.166. The number of likely N-dealkylation sites (N-methyl/N-ethyl adjacent to an activating group) is 1. The second-order valence-electron chi connectivity index (χ2n) is 3.92. The van der Waals surface area contributed by atoms with Crippen molar-refractivity contribution in [1.29, 1.82) is 0 Å². The zero-order valence-electron chi connectivity index (χ0n) is 9.24. The Morgan fingerprint density at radius 3 is 2.50 bits per heavy atom. The van der Waals surface area contributed by atoms with Crippen molar-refractivity contribution in [3.05, 3.63) is 23.9 Å². The summed E-state index contributed by atoms with van der Waals surface area (Å²) in [5.74, 6) is 0. The molecule has 3 nitrogen and oxygen atoms in total. The first-order valence-corrected chi connectivity index (χ1v) is 5.18. The smallest absolute Gasteiger partial charge is 0.0167 e. The van der Waals surface area contributed by atoms with E-state index < -0.39 is 0 Å². The third kappa shape index (κ3) is 3.94. The fraction of sp³-hybridized carbons (Fsp3) is 0.636. The number of piperazine rings is 1. The van der Waals surface area contributed by atoms with E-state index in [-0.39, 0.29) is 0 Å². The Kier molecular flexibility index (Phi) is 4.70. The van der Waals surface area contributed by atoms with Crippen LogP contribution in [-0.2, 0) is 0 Å². The minimum atomic E-state index is 1.04. The maximum Gasteiger partial charge on any atom is 0.0167 e. The SMILES string of the molecule is CC(/C=C\CN1CCN(C)CC1)=C/N. The van der Waals surface area contributed by atoms with Gasteiger partial charge in [-0.2, -0.15) is 0 Å². The second kappa shape index (κ2) is 5.83. The first-order valence-electron chi connectivity index (χ1n) is 5.18. The molecule has 14 heavy (non-hydrogen) atoms. The summed E-state index contributed by atoms with van der Waals surface area (Å²) in [5, 5.41) is 0.